The lowest BCUT2D eigenvalue weighted by atomic mass is 9.88. The van der Waals surface area contributed by atoms with Crippen molar-refractivity contribution in [1.82, 2.24) is 0 Å². The van der Waals surface area contributed by atoms with Gasteiger partial charge in [-0.3, -0.25) is 0 Å². The van der Waals surface area contributed by atoms with E-state index in [1.807, 2.05) is 40.6 Å². The van der Waals surface area contributed by atoms with Crippen molar-refractivity contribution in [2.45, 2.75) is 46.8 Å². The van der Waals surface area contributed by atoms with Crippen LogP contribution >= 0.6 is 15.9 Å². The monoisotopic (exact) mass is 248 g/mol. The third kappa shape index (κ3) is 8.53. The standard InChI is InChI=1S/C9H18BBrO2/c1-7(2)12-10(6-9(5)11)13-8(3)4/h6-8H,1-5H3/b9-6-. The molecule has 0 radical (unpaired) electrons. The third-order valence-corrected chi connectivity index (χ3v) is 1.44. The predicted octanol–water partition coefficient (Wildman–Crippen LogP) is 3.16. The Bertz CT molecular complexity index is 155. The molecule has 0 aliphatic heterocycles. The van der Waals surface area contributed by atoms with Crippen molar-refractivity contribution in [3.63, 3.8) is 0 Å². The average Bonchev–Trinajstić information content (AvgIpc) is 1.80. The Kier molecular flexibility index (Phi) is 6.73. The van der Waals surface area contributed by atoms with Crippen LogP contribution in [0.25, 0.3) is 0 Å². The zero-order valence-corrected chi connectivity index (χ0v) is 10.6. The zero-order chi connectivity index (χ0) is 10.4. The number of hydrogen-bond donors (Lipinski definition) is 0. The number of rotatable bonds is 5. The van der Waals surface area contributed by atoms with E-state index in [9.17, 15) is 0 Å². The van der Waals surface area contributed by atoms with Gasteiger partial charge in [-0.15, -0.1) is 0 Å². The van der Waals surface area contributed by atoms with Crippen LogP contribution in [0.4, 0.5) is 0 Å². The second kappa shape index (κ2) is 6.63. The maximum Gasteiger partial charge on any atom is 0.487 e. The Balaban J connectivity index is 4.11. The summed E-state index contributed by atoms with van der Waals surface area (Å²) in [4.78, 5) is 0. The molecule has 0 heterocycles. The van der Waals surface area contributed by atoms with Crippen LogP contribution in [0, 0.1) is 0 Å². The summed E-state index contributed by atoms with van der Waals surface area (Å²) >= 11 is 3.36. The van der Waals surface area contributed by atoms with E-state index in [0.717, 1.165) is 4.48 Å². The van der Waals surface area contributed by atoms with Gasteiger partial charge >= 0.3 is 7.12 Å². The van der Waals surface area contributed by atoms with Gasteiger partial charge in [-0.1, -0.05) is 15.9 Å². The van der Waals surface area contributed by atoms with Gasteiger partial charge in [0.25, 0.3) is 0 Å². The smallest absolute Gasteiger partial charge is 0.405 e. The van der Waals surface area contributed by atoms with Crippen molar-refractivity contribution in [2.75, 3.05) is 0 Å². The molecule has 0 amide bonds. The minimum atomic E-state index is -0.251. The molecular weight excluding hydrogens is 231 g/mol. The highest BCUT2D eigenvalue weighted by Crippen LogP contribution is 2.08. The minimum Gasteiger partial charge on any atom is -0.405 e. The van der Waals surface area contributed by atoms with Gasteiger partial charge in [0.1, 0.15) is 0 Å². The van der Waals surface area contributed by atoms with Crippen molar-refractivity contribution in [3.8, 4) is 0 Å². The van der Waals surface area contributed by atoms with Gasteiger partial charge in [0.2, 0.25) is 0 Å². The molecule has 0 aromatic carbocycles. The first-order valence-corrected chi connectivity index (χ1v) is 5.36. The van der Waals surface area contributed by atoms with Crippen molar-refractivity contribution >= 4 is 23.0 Å². The van der Waals surface area contributed by atoms with E-state index in [-0.39, 0.29) is 19.3 Å². The molecular formula is C9H18BBrO2. The first-order valence-electron chi connectivity index (χ1n) is 4.56. The molecule has 0 atom stereocenters. The minimum absolute atomic E-state index is 0.173. The van der Waals surface area contributed by atoms with Crippen LogP contribution in [0.2, 0.25) is 0 Å². The van der Waals surface area contributed by atoms with Crippen LogP contribution < -0.4 is 0 Å². The lowest BCUT2D eigenvalue weighted by molar-refractivity contribution is 0.138. The molecule has 13 heavy (non-hydrogen) atoms. The Hall–Kier alpha value is 0.205. The lowest BCUT2D eigenvalue weighted by Gasteiger charge is -2.16. The van der Waals surface area contributed by atoms with Crippen LogP contribution in [0.15, 0.2) is 10.5 Å². The van der Waals surface area contributed by atoms with Gasteiger partial charge in [0, 0.05) is 12.2 Å². The van der Waals surface area contributed by atoms with Gasteiger partial charge in [-0.25, -0.2) is 0 Å². The fourth-order valence-electron chi connectivity index (χ4n) is 0.835. The molecule has 0 aromatic rings. The molecule has 0 rings (SSSR count). The molecule has 0 spiro atoms. The molecule has 76 valence electrons. The van der Waals surface area contributed by atoms with E-state index in [4.69, 9.17) is 9.31 Å². The van der Waals surface area contributed by atoms with Crippen LogP contribution in [-0.2, 0) is 9.31 Å². The van der Waals surface area contributed by atoms with Crippen molar-refractivity contribution in [1.29, 1.82) is 0 Å². The average molecular weight is 249 g/mol. The third-order valence-electron chi connectivity index (χ3n) is 1.18. The summed E-state index contributed by atoms with van der Waals surface area (Å²) in [5, 5.41) is 0. The molecule has 0 aromatic heterocycles. The highest BCUT2D eigenvalue weighted by Gasteiger charge is 2.18. The van der Waals surface area contributed by atoms with Crippen LogP contribution in [-0.4, -0.2) is 19.3 Å². The molecule has 0 bridgehead atoms. The number of hydrogen-bond acceptors (Lipinski definition) is 2. The topological polar surface area (TPSA) is 18.5 Å². The summed E-state index contributed by atoms with van der Waals surface area (Å²) in [7, 11) is -0.251. The summed E-state index contributed by atoms with van der Waals surface area (Å²) in [6.45, 7) is 9.94. The molecule has 0 fully saturated rings. The normalized spacial score (nSPS) is 12.8. The molecule has 4 heteroatoms. The van der Waals surface area contributed by atoms with Gasteiger partial charge in [-0.05, 0) is 45.1 Å². The summed E-state index contributed by atoms with van der Waals surface area (Å²) < 4.78 is 12.1. The summed E-state index contributed by atoms with van der Waals surface area (Å²) in [5.74, 6) is 1.92. The molecule has 0 saturated heterocycles. The summed E-state index contributed by atoms with van der Waals surface area (Å²) in [5.41, 5.74) is 0. The van der Waals surface area contributed by atoms with Crippen LogP contribution in [0.5, 0.6) is 0 Å². The first-order chi connectivity index (χ1) is 5.91. The Labute approximate surface area is 90.0 Å². The SMILES string of the molecule is C/C(Br)=C/B(OC(C)C)OC(C)C. The number of halogens is 1. The molecule has 0 saturated carbocycles. The van der Waals surface area contributed by atoms with E-state index in [0.29, 0.717) is 0 Å². The highest BCUT2D eigenvalue weighted by molar-refractivity contribution is 9.11. The summed E-state index contributed by atoms with van der Waals surface area (Å²) in [6.07, 6.45) is 0.346. The Morgan fingerprint density at radius 3 is 1.77 bits per heavy atom. The number of allylic oxidation sites excluding steroid dienone is 1. The van der Waals surface area contributed by atoms with Gasteiger partial charge in [0.15, 0.2) is 0 Å². The van der Waals surface area contributed by atoms with E-state index in [1.165, 1.54) is 0 Å². The second-order valence-corrected chi connectivity index (χ2v) is 4.74. The fraction of sp³-hybridized carbons (Fsp3) is 0.778. The summed E-state index contributed by atoms with van der Waals surface area (Å²) in [6, 6.07) is 0. The molecule has 0 aliphatic carbocycles. The van der Waals surface area contributed by atoms with Crippen LogP contribution in [0.1, 0.15) is 34.6 Å². The largest absolute Gasteiger partial charge is 0.487 e. The predicted molar refractivity (Wildman–Crippen MR) is 60.9 cm³/mol. The van der Waals surface area contributed by atoms with Gasteiger partial charge in [-0.2, -0.15) is 0 Å². The van der Waals surface area contributed by atoms with Gasteiger partial charge in [0.05, 0.1) is 0 Å². The lowest BCUT2D eigenvalue weighted by Crippen LogP contribution is -2.27. The first kappa shape index (κ1) is 13.2. The highest BCUT2D eigenvalue weighted by atomic mass is 79.9. The van der Waals surface area contributed by atoms with E-state index < -0.39 is 0 Å². The maximum atomic E-state index is 5.54. The molecule has 0 aliphatic rings. The molecule has 0 N–H and O–H groups in total. The molecule has 0 unspecified atom stereocenters. The van der Waals surface area contributed by atoms with Crippen molar-refractivity contribution < 1.29 is 9.31 Å². The fourth-order valence-corrected chi connectivity index (χ4v) is 1.05. The quantitative estimate of drug-likeness (QED) is 0.696. The van der Waals surface area contributed by atoms with E-state index >= 15 is 0 Å². The van der Waals surface area contributed by atoms with E-state index in [1.54, 1.807) is 0 Å². The Morgan fingerprint density at radius 2 is 1.54 bits per heavy atom. The van der Waals surface area contributed by atoms with Gasteiger partial charge < -0.3 is 9.31 Å². The Morgan fingerprint density at radius 1 is 1.15 bits per heavy atom. The van der Waals surface area contributed by atoms with Crippen molar-refractivity contribution in [2.24, 2.45) is 0 Å². The molecule has 2 nitrogen and oxygen atoms in total. The zero-order valence-electron chi connectivity index (χ0n) is 9.00. The van der Waals surface area contributed by atoms with Crippen LogP contribution in [0.3, 0.4) is 0 Å². The van der Waals surface area contributed by atoms with E-state index in [2.05, 4.69) is 15.9 Å². The second-order valence-electron chi connectivity index (χ2n) is 3.49. The maximum absolute atomic E-state index is 5.54. The van der Waals surface area contributed by atoms with Crippen molar-refractivity contribution in [3.05, 3.63) is 10.5 Å².